The molecule has 0 fully saturated rings. The van der Waals surface area contributed by atoms with Crippen molar-refractivity contribution in [1.29, 1.82) is 0 Å². The zero-order chi connectivity index (χ0) is 11.3. The maximum Gasteiger partial charge on any atom is 0.164 e. The molecule has 86 valence electrons. The van der Waals surface area contributed by atoms with Crippen LogP contribution in [0.3, 0.4) is 0 Å². The largest absolute Gasteiger partial charge is 0.305 e. The predicted molar refractivity (Wildman–Crippen MR) is 61.5 cm³/mol. The lowest BCUT2D eigenvalue weighted by atomic mass is 10.1. The van der Waals surface area contributed by atoms with Crippen molar-refractivity contribution < 1.29 is 0 Å². The molecular formula is C11H22N4. The molecule has 0 bridgehead atoms. The molecule has 0 saturated heterocycles. The zero-order valence-electron chi connectivity index (χ0n) is 10.2. The van der Waals surface area contributed by atoms with E-state index in [4.69, 9.17) is 0 Å². The van der Waals surface area contributed by atoms with Crippen LogP contribution in [0.2, 0.25) is 0 Å². The van der Waals surface area contributed by atoms with Gasteiger partial charge in [0.05, 0.1) is 6.54 Å². The van der Waals surface area contributed by atoms with Gasteiger partial charge in [-0.2, -0.15) is 5.10 Å². The summed E-state index contributed by atoms with van der Waals surface area (Å²) in [5.41, 5.74) is 0.120. The molecule has 1 heterocycles. The Bertz CT molecular complexity index is 285. The number of aromatic nitrogens is 3. The standard InChI is InChI=1S/C11H22N4/c1-5-6-7-15-9-12-10(14-15)8-13-11(2,3)4/h9,13H,5-8H2,1-4H3. The molecule has 1 aromatic heterocycles. The second kappa shape index (κ2) is 5.26. The molecule has 0 aliphatic rings. The summed E-state index contributed by atoms with van der Waals surface area (Å²) in [6.45, 7) is 10.3. The highest BCUT2D eigenvalue weighted by atomic mass is 15.3. The summed E-state index contributed by atoms with van der Waals surface area (Å²) in [7, 11) is 0. The van der Waals surface area contributed by atoms with Crippen molar-refractivity contribution in [2.75, 3.05) is 0 Å². The average molecular weight is 210 g/mol. The molecular weight excluding hydrogens is 188 g/mol. The molecule has 4 nitrogen and oxygen atoms in total. The first-order valence-electron chi connectivity index (χ1n) is 5.64. The molecule has 0 amide bonds. The number of nitrogens with zero attached hydrogens (tertiary/aromatic N) is 3. The molecule has 0 radical (unpaired) electrons. The topological polar surface area (TPSA) is 42.7 Å². The van der Waals surface area contributed by atoms with Crippen LogP contribution in [0, 0.1) is 0 Å². The molecule has 15 heavy (non-hydrogen) atoms. The zero-order valence-corrected chi connectivity index (χ0v) is 10.2. The third-order valence-corrected chi connectivity index (χ3v) is 2.10. The first kappa shape index (κ1) is 12.2. The van der Waals surface area contributed by atoms with E-state index in [0.29, 0.717) is 0 Å². The maximum atomic E-state index is 4.39. The van der Waals surface area contributed by atoms with Crippen LogP contribution in [0.25, 0.3) is 0 Å². The Morgan fingerprint density at radius 3 is 2.73 bits per heavy atom. The average Bonchev–Trinajstić information content (AvgIpc) is 2.58. The SMILES string of the molecule is CCCCn1cnc(CNC(C)(C)C)n1. The second-order valence-electron chi connectivity index (χ2n) is 4.88. The normalized spacial score (nSPS) is 12.0. The van der Waals surface area contributed by atoms with Crippen LogP contribution in [-0.4, -0.2) is 20.3 Å². The van der Waals surface area contributed by atoms with E-state index in [1.807, 2.05) is 11.0 Å². The Balaban J connectivity index is 2.39. The van der Waals surface area contributed by atoms with Crippen LogP contribution < -0.4 is 5.32 Å². The highest BCUT2D eigenvalue weighted by Crippen LogP contribution is 2.01. The van der Waals surface area contributed by atoms with Crippen molar-refractivity contribution in [1.82, 2.24) is 20.1 Å². The Kier molecular flexibility index (Phi) is 4.27. The van der Waals surface area contributed by atoms with E-state index in [1.54, 1.807) is 0 Å². The van der Waals surface area contributed by atoms with Crippen LogP contribution in [0.5, 0.6) is 0 Å². The first-order chi connectivity index (χ1) is 7.01. The number of nitrogens with one attached hydrogen (secondary N) is 1. The van der Waals surface area contributed by atoms with Gasteiger partial charge in [0.25, 0.3) is 0 Å². The van der Waals surface area contributed by atoms with Gasteiger partial charge in [0.2, 0.25) is 0 Å². The summed E-state index contributed by atoms with van der Waals surface area (Å²) in [6.07, 6.45) is 4.17. The van der Waals surface area contributed by atoms with Gasteiger partial charge in [-0.1, -0.05) is 13.3 Å². The minimum Gasteiger partial charge on any atom is -0.305 e. The van der Waals surface area contributed by atoms with E-state index in [9.17, 15) is 0 Å². The smallest absolute Gasteiger partial charge is 0.164 e. The van der Waals surface area contributed by atoms with Crippen molar-refractivity contribution in [2.45, 2.75) is 59.2 Å². The van der Waals surface area contributed by atoms with Crippen molar-refractivity contribution in [2.24, 2.45) is 0 Å². The number of hydrogen-bond donors (Lipinski definition) is 1. The summed E-state index contributed by atoms with van der Waals surface area (Å²) < 4.78 is 1.92. The first-order valence-corrected chi connectivity index (χ1v) is 5.64. The lowest BCUT2D eigenvalue weighted by Gasteiger charge is -2.19. The Labute approximate surface area is 92.1 Å². The van der Waals surface area contributed by atoms with Crippen LogP contribution >= 0.6 is 0 Å². The monoisotopic (exact) mass is 210 g/mol. The van der Waals surface area contributed by atoms with E-state index in [2.05, 4.69) is 43.1 Å². The summed E-state index contributed by atoms with van der Waals surface area (Å²) in [4.78, 5) is 4.26. The van der Waals surface area contributed by atoms with Gasteiger partial charge in [0.15, 0.2) is 5.82 Å². The molecule has 0 aromatic carbocycles. The quantitative estimate of drug-likeness (QED) is 0.808. The van der Waals surface area contributed by atoms with Crippen molar-refractivity contribution in [3.8, 4) is 0 Å². The van der Waals surface area contributed by atoms with Crippen molar-refractivity contribution in [3.63, 3.8) is 0 Å². The molecule has 0 aliphatic heterocycles. The molecule has 4 heteroatoms. The van der Waals surface area contributed by atoms with Crippen molar-refractivity contribution in [3.05, 3.63) is 12.2 Å². The van der Waals surface area contributed by atoms with Crippen LogP contribution in [0.15, 0.2) is 6.33 Å². The Morgan fingerprint density at radius 1 is 1.40 bits per heavy atom. The third kappa shape index (κ3) is 4.93. The highest BCUT2D eigenvalue weighted by Gasteiger charge is 2.10. The fourth-order valence-corrected chi connectivity index (χ4v) is 1.19. The Hall–Kier alpha value is -0.900. The fourth-order valence-electron chi connectivity index (χ4n) is 1.19. The number of rotatable bonds is 5. The van der Waals surface area contributed by atoms with E-state index in [1.165, 1.54) is 6.42 Å². The molecule has 1 N–H and O–H groups in total. The van der Waals surface area contributed by atoms with E-state index in [0.717, 1.165) is 25.3 Å². The lowest BCUT2D eigenvalue weighted by molar-refractivity contribution is 0.416. The minimum absolute atomic E-state index is 0.120. The molecule has 0 unspecified atom stereocenters. The molecule has 0 aliphatic carbocycles. The van der Waals surface area contributed by atoms with E-state index in [-0.39, 0.29) is 5.54 Å². The van der Waals surface area contributed by atoms with Crippen LogP contribution in [-0.2, 0) is 13.1 Å². The summed E-state index contributed by atoms with van der Waals surface area (Å²) in [5, 5.41) is 7.76. The molecule has 0 saturated carbocycles. The van der Waals surface area contributed by atoms with Crippen LogP contribution in [0.1, 0.15) is 46.4 Å². The van der Waals surface area contributed by atoms with Gasteiger partial charge in [0.1, 0.15) is 6.33 Å². The van der Waals surface area contributed by atoms with E-state index >= 15 is 0 Å². The van der Waals surface area contributed by atoms with Crippen LogP contribution in [0.4, 0.5) is 0 Å². The lowest BCUT2D eigenvalue weighted by Crippen LogP contribution is -2.35. The molecule has 1 rings (SSSR count). The van der Waals surface area contributed by atoms with Gasteiger partial charge in [-0.05, 0) is 27.2 Å². The van der Waals surface area contributed by atoms with Gasteiger partial charge in [0, 0.05) is 12.1 Å². The second-order valence-corrected chi connectivity index (χ2v) is 4.88. The molecule has 0 atom stereocenters. The summed E-state index contributed by atoms with van der Waals surface area (Å²) in [5.74, 6) is 0.876. The highest BCUT2D eigenvalue weighted by molar-refractivity contribution is 4.83. The minimum atomic E-state index is 0.120. The van der Waals surface area contributed by atoms with E-state index < -0.39 is 0 Å². The molecule has 0 spiro atoms. The van der Waals surface area contributed by atoms with Crippen molar-refractivity contribution >= 4 is 0 Å². The summed E-state index contributed by atoms with van der Waals surface area (Å²) in [6, 6.07) is 0. The number of hydrogen-bond acceptors (Lipinski definition) is 3. The maximum absolute atomic E-state index is 4.39. The number of unbranched alkanes of at least 4 members (excludes halogenated alkanes) is 1. The van der Waals surface area contributed by atoms with Gasteiger partial charge in [-0.25, -0.2) is 4.98 Å². The van der Waals surface area contributed by atoms with Gasteiger partial charge in [-0.3, -0.25) is 4.68 Å². The van der Waals surface area contributed by atoms with Gasteiger partial charge in [-0.15, -0.1) is 0 Å². The molecule has 1 aromatic rings. The van der Waals surface area contributed by atoms with Gasteiger partial charge >= 0.3 is 0 Å². The Morgan fingerprint density at radius 2 is 2.13 bits per heavy atom. The summed E-state index contributed by atoms with van der Waals surface area (Å²) >= 11 is 0. The number of aryl methyl sites for hydroxylation is 1. The van der Waals surface area contributed by atoms with Gasteiger partial charge < -0.3 is 5.32 Å². The fraction of sp³-hybridized carbons (Fsp3) is 0.818. The third-order valence-electron chi connectivity index (χ3n) is 2.10. The predicted octanol–water partition coefficient (Wildman–Crippen LogP) is 1.97.